The lowest BCUT2D eigenvalue weighted by Gasteiger charge is -2.34. The van der Waals surface area contributed by atoms with Crippen LogP contribution in [0.4, 0.5) is 0 Å². The van der Waals surface area contributed by atoms with E-state index in [1.807, 2.05) is 24.3 Å². The van der Waals surface area contributed by atoms with Crippen LogP contribution in [-0.2, 0) is 9.59 Å². The quantitative estimate of drug-likeness (QED) is 0.435. The third kappa shape index (κ3) is 4.86. The first kappa shape index (κ1) is 22.3. The second-order valence-electron chi connectivity index (χ2n) is 8.24. The molecular formula is C24H35N3O3. The summed E-state index contributed by atoms with van der Waals surface area (Å²) in [7, 11) is 3.68. The van der Waals surface area contributed by atoms with Gasteiger partial charge in [0.2, 0.25) is 0 Å². The van der Waals surface area contributed by atoms with Crippen LogP contribution >= 0.6 is 0 Å². The lowest BCUT2D eigenvalue weighted by molar-refractivity contribution is -0.137. The van der Waals surface area contributed by atoms with E-state index in [9.17, 15) is 9.59 Å². The average Bonchev–Trinajstić information content (AvgIpc) is 3.01. The molecule has 6 nitrogen and oxygen atoms in total. The maximum atomic E-state index is 13.4. The van der Waals surface area contributed by atoms with E-state index in [1.165, 1.54) is 24.2 Å². The molecule has 0 spiro atoms. The summed E-state index contributed by atoms with van der Waals surface area (Å²) in [4.78, 5) is 32.6. The van der Waals surface area contributed by atoms with E-state index in [4.69, 9.17) is 4.74 Å². The first-order valence-electron chi connectivity index (χ1n) is 11.3. The lowest BCUT2D eigenvalue weighted by Crippen LogP contribution is -2.46. The Morgan fingerprint density at radius 3 is 2.27 bits per heavy atom. The van der Waals surface area contributed by atoms with E-state index in [2.05, 4.69) is 23.8 Å². The van der Waals surface area contributed by atoms with Gasteiger partial charge in [0.05, 0.1) is 12.7 Å². The topological polar surface area (TPSA) is 53.1 Å². The Labute approximate surface area is 180 Å². The summed E-state index contributed by atoms with van der Waals surface area (Å²) in [6.45, 7) is 5.93. The normalized spacial score (nSPS) is 18.0. The second-order valence-corrected chi connectivity index (χ2v) is 8.24. The minimum atomic E-state index is -0.188. The van der Waals surface area contributed by atoms with Crippen LogP contribution in [0.1, 0.15) is 51.0 Å². The van der Waals surface area contributed by atoms with Crippen LogP contribution in [0.5, 0.6) is 5.75 Å². The number of rotatable bonds is 10. The number of nitrogens with zero attached hydrogens (tertiary/aromatic N) is 3. The number of likely N-dealkylation sites (N-methyl/N-ethyl adjacent to an activating group) is 1. The molecular weight excluding hydrogens is 378 g/mol. The van der Waals surface area contributed by atoms with Gasteiger partial charge in [-0.05, 0) is 19.5 Å². The van der Waals surface area contributed by atoms with Gasteiger partial charge in [0, 0.05) is 38.3 Å². The zero-order valence-corrected chi connectivity index (χ0v) is 18.7. The SMILES string of the molecule is CCCCCCCCN1C(=O)C(c2ccccc2OC)=C(N2CCN(C)CC2)C1=O. The molecule has 0 radical (unpaired) electrons. The summed E-state index contributed by atoms with van der Waals surface area (Å²) in [6.07, 6.45) is 6.73. The zero-order valence-electron chi connectivity index (χ0n) is 18.7. The highest BCUT2D eigenvalue weighted by atomic mass is 16.5. The number of hydrogen-bond donors (Lipinski definition) is 0. The van der Waals surface area contributed by atoms with Crippen LogP contribution < -0.4 is 4.74 Å². The van der Waals surface area contributed by atoms with Gasteiger partial charge in [-0.2, -0.15) is 0 Å². The average molecular weight is 414 g/mol. The van der Waals surface area contributed by atoms with Gasteiger partial charge in [0.1, 0.15) is 11.4 Å². The van der Waals surface area contributed by atoms with Crippen LogP contribution in [0.2, 0.25) is 0 Å². The number of carbonyl (C=O) groups excluding carboxylic acids is 2. The van der Waals surface area contributed by atoms with E-state index in [0.717, 1.165) is 45.4 Å². The minimum Gasteiger partial charge on any atom is -0.496 e. The zero-order chi connectivity index (χ0) is 21.5. The number of methoxy groups -OCH3 is 1. The first-order valence-corrected chi connectivity index (χ1v) is 11.3. The summed E-state index contributed by atoms with van der Waals surface area (Å²) in [5.41, 5.74) is 1.74. The molecule has 0 aromatic heterocycles. The molecule has 0 aliphatic carbocycles. The molecule has 3 rings (SSSR count). The molecule has 6 heteroatoms. The van der Waals surface area contributed by atoms with Gasteiger partial charge in [-0.25, -0.2) is 0 Å². The summed E-state index contributed by atoms with van der Waals surface area (Å²) in [6, 6.07) is 7.50. The number of unbranched alkanes of at least 4 members (excludes halogenated alkanes) is 5. The van der Waals surface area contributed by atoms with E-state index in [1.54, 1.807) is 7.11 Å². The summed E-state index contributed by atoms with van der Waals surface area (Å²) in [5.74, 6) is 0.285. The molecule has 2 amide bonds. The number of amides is 2. The van der Waals surface area contributed by atoms with Crippen molar-refractivity contribution in [3.8, 4) is 5.75 Å². The van der Waals surface area contributed by atoms with Crippen molar-refractivity contribution < 1.29 is 14.3 Å². The van der Waals surface area contributed by atoms with Crippen molar-refractivity contribution in [1.29, 1.82) is 0 Å². The number of ether oxygens (including phenoxy) is 1. The number of imide groups is 1. The molecule has 30 heavy (non-hydrogen) atoms. The molecule has 0 saturated carbocycles. The Hall–Kier alpha value is -2.34. The maximum Gasteiger partial charge on any atom is 0.277 e. The molecule has 164 valence electrons. The van der Waals surface area contributed by atoms with E-state index in [0.29, 0.717) is 29.1 Å². The van der Waals surface area contributed by atoms with Crippen molar-refractivity contribution in [3.63, 3.8) is 0 Å². The van der Waals surface area contributed by atoms with Crippen molar-refractivity contribution in [2.75, 3.05) is 46.9 Å². The predicted molar refractivity (Wildman–Crippen MR) is 119 cm³/mol. The minimum absolute atomic E-state index is 0.154. The largest absolute Gasteiger partial charge is 0.496 e. The Kier molecular flexibility index (Phi) is 7.91. The molecule has 0 bridgehead atoms. The number of piperazine rings is 1. The fourth-order valence-corrected chi connectivity index (χ4v) is 4.23. The maximum absolute atomic E-state index is 13.4. The molecule has 1 aromatic rings. The molecule has 1 fully saturated rings. The number of carbonyl (C=O) groups is 2. The van der Waals surface area contributed by atoms with E-state index >= 15 is 0 Å². The van der Waals surface area contributed by atoms with Crippen LogP contribution in [0.3, 0.4) is 0 Å². The molecule has 0 atom stereocenters. The highest BCUT2D eigenvalue weighted by Gasteiger charge is 2.42. The molecule has 2 aliphatic heterocycles. The van der Waals surface area contributed by atoms with Gasteiger partial charge in [-0.3, -0.25) is 14.5 Å². The van der Waals surface area contributed by atoms with Gasteiger partial charge < -0.3 is 14.5 Å². The van der Waals surface area contributed by atoms with Gasteiger partial charge >= 0.3 is 0 Å². The van der Waals surface area contributed by atoms with Crippen molar-refractivity contribution in [1.82, 2.24) is 14.7 Å². The van der Waals surface area contributed by atoms with Crippen molar-refractivity contribution in [2.45, 2.75) is 45.4 Å². The standard InChI is InChI=1S/C24H35N3O3/c1-4-5-6-7-8-11-14-27-23(28)21(19-12-9-10-13-20(19)30-3)22(24(27)29)26-17-15-25(2)16-18-26/h9-10,12-13H,4-8,11,14-18H2,1-3H3. The Bertz CT molecular complexity index is 782. The van der Waals surface area contributed by atoms with Crippen LogP contribution in [0, 0.1) is 0 Å². The van der Waals surface area contributed by atoms with Gasteiger partial charge in [-0.15, -0.1) is 0 Å². The fraction of sp³-hybridized carbons (Fsp3) is 0.583. The van der Waals surface area contributed by atoms with Crippen LogP contribution in [0.25, 0.3) is 5.57 Å². The van der Waals surface area contributed by atoms with Gasteiger partial charge in [-0.1, -0.05) is 57.2 Å². The number of para-hydroxylation sites is 1. The van der Waals surface area contributed by atoms with Crippen LogP contribution in [-0.4, -0.2) is 73.4 Å². The molecule has 2 aliphatic rings. The molecule has 1 saturated heterocycles. The third-order valence-electron chi connectivity index (χ3n) is 6.07. The number of hydrogen-bond acceptors (Lipinski definition) is 5. The highest BCUT2D eigenvalue weighted by molar-refractivity contribution is 6.36. The van der Waals surface area contributed by atoms with Crippen molar-refractivity contribution in [2.24, 2.45) is 0 Å². The Balaban J connectivity index is 1.84. The third-order valence-corrected chi connectivity index (χ3v) is 6.07. The van der Waals surface area contributed by atoms with E-state index < -0.39 is 0 Å². The predicted octanol–water partition coefficient (Wildman–Crippen LogP) is 3.38. The Morgan fingerprint density at radius 1 is 0.900 bits per heavy atom. The van der Waals surface area contributed by atoms with Crippen molar-refractivity contribution in [3.05, 3.63) is 35.5 Å². The van der Waals surface area contributed by atoms with E-state index in [-0.39, 0.29) is 11.8 Å². The van der Waals surface area contributed by atoms with Crippen LogP contribution in [0.15, 0.2) is 30.0 Å². The fourth-order valence-electron chi connectivity index (χ4n) is 4.23. The van der Waals surface area contributed by atoms with Gasteiger partial charge in [0.15, 0.2) is 0 Å². The monoisotopic (exact) mass is 413 g/mol. The summed E-state index contributed by atoms with van der Waals surface area (Å²) in [5, 5.41) is 0. The lowest BCUT2D eigenvalue weighted by atomic mass is 10.0. The smallest absolute Gasteiger partial charge is 0.277 e. The molecule has 1 aromatic carbocycles. The summed E-state index contributed by atoms with van der Waals surface area (Å²) < 4.78 is 5.52. The summed E-state index contributed by atoms with van der Waals surface area (Å²) >= 11 is 0. The first-order chi connectivity index (χ1) is 14.6. The van der Waals surface area contributed by atoms with Crippen molar-refractivity contribution >= 4 is 17.4 Å². The molecule has 0 unspecified atom stereocenters. The number of benzene rings is 1. The Morgan fingerprint density at radius 2 is 1.57 bits per heavy atom. The second kappa shape index (κ2) is 10.6. The molecule has 0 N–H and O–H groups in total. The molecule has 2 heterocycles. The highest BCUT2D eigenvalue weighted by Crippen LogP contribution is 2.36. The van der Waals surface area contributed by atoms with Gasteiger partial charge in [0.25, 0.3) is 11.8 Å².